The molecule has 12 heteroatoms. The van der Waals surface area contributed by atoms with Gasteiger partial charge in [-0.3, -0.25) is 9.78 Å². The molecule has 4 aromatic rings. The van der Waals surface area contributed by atoms with Crippen molar-refractivity contribution in [2.24, 2.45) is 7.05 Å². The van der Waals surface area contributed by atoms with Gasteiger partial charge < -0.3 is 19.9 Å². The number of imidazole rings is 1. The molecule has 1 fully saturated rings. The molecular weight excluding hydrogens is 559 g/mol. The van der Waals surface area contributed by atoms with Crippen molar-refractivity contribution in [3.8, 4) is 11.5 Å². The molecule has 1 aliphatic rings. The number of aryl methyl sites for hydroxylation is 1. The topological polar surface area (TPSA) is 127 Å². The Morgan fingerprint density at radius 3 is 2.62 bits per heavy atom. The Labute approximate surface area is 249 Å². The van der Waals surface area contributed by atoms with E-state index in [4.69, 9.17) is 9.72 Å². The molecular formula is C30H41FN6O4S. The van der Waals surface area contributed by atoms with Gasteiger partial charge in [0, 0.05) is 48.4 Å². The van der Waals surface area contributed by atoms with Crippen LogP contribution in [0, 0.1) is 5.82 Å². The molecule has 0 saturated heterocycles. The van der Waals surface area contributed by atoms with Crippen LogP contribution in [0.4, 0.5) is 16.0 Å². The predicted molar refractivity (Wildman–Crippen MR) is 167 cm³/mol. The number of ether oxygens (including phenoxy) is 1. The van der Waals surface area contributed by atoms with Crippen LogP contribution in [0.2, 0.25) is 0 Å². The summed E-state index contributed by atoms with van der Waals surface area (Å²) in [4.78, 5) is 21.4. The summed E-state index contributed by atoms with van der Waals surface area (Å²) >= 11 is 0. The second-order valence-electron chi connectivity index (χ2n) is 10.7. The maximum Gasteiger partial charge on any atom is 0.270 e. The summed E-state index contributed by atoms with van der Waals surface area (Å²) in [5, 5.41) is 5.43. The molecule has 2 aromatic heterocycles. The standard InChI is InChI=1S/C30H35FN6O4S.3H2/c1-19(2)42(39,40)34-15-14-33-29(38)27-18-23(12-13-32-27)41-22-9-11-28-26(17-22)36-30(37(28)3)35-21-8-10-25(31)24(16-21)20-6-4-5-7-20;;;/h8-13,16-20,34H,4-7,14-15H2,1-3H3,(H,33,38)(H,35,36);3*1H. The van der Waals surface area contributed by atoms with Gasteiger partial charge in [-0.05, 0) is 74.6 Å². The fourth-order valence-corrected chi connectivity index (χ4v) is 5.74. The molecule has 0 atom stereocenters. The van der Waals surface area contributed by atoms with Crippen LogP contribution in [0.5, 0.6) is 11.5 Å². The minimum absolute atomic E-state index is 0. The summed E-state index contributed by atoms with van der Waals surface area (Å²) in [7, 11) is -1.50. The highest BCUT2D eigenvalue weighted by Crippen LogP contribution is 2.37. The van der Waals surface area contributed by atoms with E-state index in [0.717, 1.165) is 42.5 Å². The molecule has 42 heavy (non-hydrogen) atoms. The van der Waals surface area contributed by atoms with Crippen LogP contribution < -0.4 is 20.1 Å². The monoisotopic (exact) mass is 600 g/mol. The number of anilines is 2. The quantitative estimate of drug-likeness (QED) is 0.178. The lowest BCUT2D eigenvalue weighted by Gasteiger charge is -2.13. The number of hydrogen-bond donors (Lipinski definition) is 3. The van der Waals surface area contributed by atoms with Crippen LogP contribution in [-0.2, 0) is 17.1 Å². The van der Waals surface area contributed by atoms with Crippen molar-refractivity contribution in [2.45, 2.75) is 50.7 Å². The van der Waals surface area contributed by atoms with E-state index >= 15 is 0 Å². The highest BCUT2D eigenvalue weighted by atomic mass is 32.2. The number of nitrogens with zero attached hydrogens (tertiary/aromatic N) is 3. The normalized spacial score (nSPS) is 14.0. The molecule has 1 aliphatic carbocycles. The lowest BCUT2D eigenvalue weighted by atomic mass is 9.96. The Balaban J connectivity index is 0.00000235. The molecule has 3 N–H and O–H groups in total. The number of sulfonamides is 1. The number of benzene rings is 2. The molecule has 0 spiro atoms. The van der Waals surface area contributed by atoms with Crippen molar-refractivity contribution in [1.82, 2.24) is 24.6 Å². The summed E-state index contributed by atoms with van der Waals surface area (Å²) in [6.07, 6.45) is 5.77. The van der Waals surface area contributed by atoms with Gasteiger partial charge in [0.15, 0.2) is 0 Å². The number of halogens is 1. The van der Waals surface area contributed by atoms with Gasteiger partial charge in [0.2, 0.25) is 16.0 Å². The van der Waals surface area contributed by atoms with Crippen molar-refractivity contribution in [3.63, 3.8) is 0 Å². The number of carbonyl (C=O) groups excluding carboxylic acids is 1. The predicted octanol–water partition coefficient (Wildman–Crippen LogP) is 6.10. The van der Waals surface area contributed by atoms with Crippen molar-refractivity contribution >= 4 is 38.6 Å². The Kier molecular flexibility index (Phi) is 8.74. The van der Waals surface area contributed by atoms with Crippen LogP contribution in [0.3, 0.4) is 0 Å². The fraction of sp³-hybridized carbons (Fsp3) is 0.367. The number of rotatable bonds is 11. The van der Waals surface area contributed by atoms with Crippen molar-refractivity contribution < 1.29 is 26.6 Å². The Morgan fingerprint density at radius 1 is 1.10 bits per heavy atom. The summed E-state index contributed by atoms with van der Waals surface area (Å²) in [5.41, 5.74) is 3.26. The van der Waals surface area contributed by atoms with Gasteiger partial charge in [-0.25, -0.2) is 22.5 Å². The largest absolute Gasteiger partial charge is 0.457 e. The molecule has 0 bridgehead atoms. The number of aromatic nitrogens is 3. The highest BCUT2D eigenvalue weighted by molar-refractivity contribution is 7.90. The maximum absolute atomic E-state index is 14.5. The van der Waals surface area contributed by atoms with E-state index in [2.05, 4.69) is 20.3 Å². The van der Waals surface area contributed by atoms with Crippen molar-refractivity contribution in [2.75, 3.05) is 18.4 Å². The maximum atomic E-state index is 14.5. The summed E-state index contributed by atoms with van der Waals surface area (Å²) in [6, 6.07) is 13.8. The van der Waals surface area contributed by atoms with Gasteiger partial charge in [0.05, 0.1) is 16.3 Å². The molecule has 0 aliphatic heterocycles. The third-order valence-electron chi connectivity index (χ3n) is 7.43. The van der Waals surface area contributed by atoms with Crippen LogP contribution in [-0.4, -0.2) is 47.2 Å². The van der Waals surface area contributed by atoms with Gasteiger partial charge in [-0.15, -0.1) is 0 Å². The Hall–Kier alpha value is -4.03. The number of pyridine rings is 1. The highest BCUT2D eigenvalue weighted by Gasteiger charge is 2.21. The van der Waals surface area contributed by atoms with E-state index in [1.807, 2.05) is 29.8 Å². The number of hydrogen-bond acceptors (Lipinski definition) is 7. The summed E-state index contributed by atoms with van der Waals surface area (Å²) in [5.74, 6) is 1.21. The van der Waals surface area contributed by atoms with E-state index in [9.17, 15) is 17.6 Å². The van der Waals surface area contributed by atoms with Gasteiger partial charge in [0.1, 0.15) is 23.0 Å². The second kappa shape index (κ2) is 12.5. The molecule has 5 rings (SSSR count). The van der Waals surface area contributed by atoms with E-state index in [-0.39, 0.29) is 34.8 Å². The van der Waals surface area contributed by atoms with Gasteiger partial charge in [-0.1, -0.05) is 12.8 Å². The van der Waals surface area contributed by atoms with E-state index in [1.165, 1.54) is 18.3 Å². The van der Waals surface area contributed by atoms with Crippen molar-refractivity contribution in [1.29, 1.82) is 0 Å². The number of fused-ring (bicyclic) bond motifs is 1. The Morgan fingerprint density at radius 2 is 1.86 bits per heavy atom. The smallest absolute Gasteiger partial charge is 0.270 e. The number of amides is 1. The zero-order valence-corrected chi connectivity index (χ0v) is 24.7. The summed E-state index contributed by atoms with van der Waals surface area (Å²) < 4.78 is 48.6. The van der Waals surface area contributed by atoms with E-state index in [0.29, 0.717) is 23.0 Å². The molecule has 1 saturated carbocycles. The molecule has 0 unspecified atom stereocenters. The average molecular weight is 601 g/mol. The molecule has 0 radical (unpaired) electrons. The first-order chi connectivity index (χ1) is 20.1. The molecule has 2 heterocycles. The third-order valence-corrected chi connectivity index (χ3v) is 9.28. The third kappa shape index (κ3) is 6.71. The first-order valence-electron chi connectivity index (χ1n) is 14.0. The second-order valence-corrected chi connectivity index (χ2v) is 13.0. The fourth-order valence-electron chi connectivity index (χ4n) is 5.02. The minimum atomic E-state index is -3.40. The Bertz CT molecular complexity index is 1720. The number of nitrogens with one attached hydrogen (secondary N) is 3. The van der Waals surface area contributed by atoms with Crippen LogP contribution >= 0.6 is 0 Å². The molecule has 228 valence electrons. The van der Waals surface area contributed by atoms with Gasteiger partial charge >= 0.3 is 0 Å². The zero-order valence-electron chi connectivity index (χ0n) is 23.9. The van der Waals surface area contributed by atoms with E-state index in [1.54, 1.807) is 32.0 Å². The summed E-state index contributed by atoms with van der Waals surface area (Å²) in [6.45, 7) is 3.35. The van der Waals surface area contributed by atoms with Crippen LogP contribution in [0.25, 0.3) is 11.0 Å². The zero-order chi connectivity index (χ0) is 29.9. The van der Waals surface area contributed by atoms with Crippen molar-refractivity contribution in [3.05, 3.63) is 71.8 Å². The minimum Gasteiger partial charge on any atom is -0.457 e. The van der Waals surface area contributed by atoms with Crippen LogP contribution in [0.1, 0.15) is 65.8 Å². The first kappa shape index (κ1) is 29.5. The average Bonchev–Trinajstić information content (AvgIpc) is 3.60. The first-order valence-corrected chi connectivity index (χ1v) is 15.6. The van der Waals surface area contributed by atoms with E-state index < -0.39 is 21.2 Å². The number of carbonyl (C=O) groups is 1. The van der Waals surface area contributed by atoms with Gasteiger partial charge in [0.25, 0.3) is 5.91 Å². The van der Waals surface area contributed by atoms with Crippen LogP contribution in [0.15, 0.2) is 54.7 Å². The SMILES string of the molecule is CC(C)S(=O)(=O)NCCNC(=O)c1cc(Oc2ccc3c(c2)nc(Nc2ccc(F)c(C4CCCC4)c2)n3C)ccn1.[HH].[HH].[HH]. The lowest BCUT2D eigenvalue weighted by molar-refractivity contribution is 0.0949. The molecule has 2 aromatic carbocycles. The lowest BCUT2D eigenvalue weighted by Crippen LogP contribution is -2.37. The van der Waals surface area contributed by atoms with Gasteiger partial charge in [-0.2, -0.15) is 0 Å². The molecule has 10 nitrogen and oxygen atoms in total. The molecule has 1 amide bonds.